The maximum atomic E-state index is 11.4. The van der Waals surface area contributed by atoms with Crippen LogP contribution in [0.3, 0.4) is 0 Å². The highest BCUT2D eigenvalue weighted by atomic mass is 16.1. The molecule has 1 atom stereocenters. The molecule has 1 unspecified atom stereocenters. The molecule has 0 saturated carbocycles. The van der Waals surface area contributed by atoms with Crippen LogP contribution in [0.2, 0.25) is 0 Å². The first-order valence-corrected chi connectivity index (χ1v) is 4.33. The Bertz CT molecular complexity index is 383. The molecule has 0 aromatic carbocycles. The highest BCUT2D eigenvalue weighted by Gasteiger charge is 2.24. The van der Waals surface area contributed by atoms with Gasteiger partial charge in [-0.1, -0.05) is 11.6 Å². The molecule has 2 aliphatic rings. The van der Waals surface area contributed by atoms with E-state index in [-0.39, 0.29) is 11.7 Å². The molecule has 13 heavy (non-hydrogen) atoms. The normalized spacial score (nSPS) is 26.2. The van der Waals surface area contributed by atoms with Gasteiger partial charge in [-0.2, -0.15) is 0 Å². The number of hydrogen-bond donors (Lipinski definition) is 0. The van der Waals surface area contributed by atoms with Crippen molar-refractivity contribution in [1.82, 2.24) is 0 Å². The molecule has 2 rings (SSSR count). The van der Waals surface area contributed by atoms with E-state index in [1.54, 1.807) is 6.20 Å². The van der Waals surface area contributed by atoms with Crippen LogP contribution >= 0.6 is 0 Å². The molecule has 2 heteroatoms. The van der Waals surface area contributed by atoms with Crippen molar-refractivity contribution in [3.8, 4) is 0 Å². The summed E-state index contributed by atoms with van der Waals surface area (Å²) in [4.78, 5) is 15.6. The predicted octanol–water partition coefficient (Wildman–Crippen LogP) is 2.05. The van der Waals surface area contributed by atoms with Crippen molar-refractivity contribution < 1.29 is 4.79 Å². The van der Waals surface area contributed by atoms with Crippen LogP contribution in [0, 0.1) is 5.92 Å². The fourth-order valence-corrected chi connectivity index (χ4v) is 1.54. The topological polar surface area (TPSA) is 29.4 Å². The molecule has 66 valence electrons. The number of fused-ring (bicyclic) bond motifs is 1. The zero-order chi connectivity index (χ0) is 9.42. The highest BCUT2D eigenvalue weighted by Crippen LogP contribution is 2.23. The van der Waals surface area contributed by atoms with Crippen molar-refractivity contribution in [1.29, 1.82) is 0 Å². The van der Waals surface area contributed by atoms with E-state index in [9.17, 15) is 4.79 Å². The van der Waals surface area contributed by atoms with E-state index in [1.165, 1.54) is 17.2 Å². The third kappa shape index (κ3) is 1.28. The Morgan fingerprint density at radius 1 is 1.31 bits per heavy atom. The van der Waals surface area contributed by atoms with Crippen LogP contribution in [0.25, 0.3) is 0 Å². The maximum Gasteiger partial charge on any atom is 0.170 e. The second-order valence-electron chi connectivity index (χ2n) is 3.43. The number of aliphatic imine (C=N–C) groups is 1. The molecule has 1 heterocycles. The monoisotopic (exact) mass is 173 g/mol. The van der Waals surface area contributed by atoms with Gasteiger partial charge in [0, 0.05) is 12.3 Å². The standard InChI is InChI=1S/C11H11NO/c1-7-5-9-10(6-8(7)2)12-4-3-11(9)13/h3-6,9H,1-2H3. The minimum absolute atomic E-state index is 0.131. The number of hydrogen-bond acceptors (Lipinski definition) is 2. The van der Waals surface area contributed by atoms with Crippen molar-refractivity contribution >= 4 is 11.5 Å². The molecular formula is C11H11NO. The number of ketones is 1. The third-order valence-corrected chi connectivity index (χ3v) is 2.49. The van der Waals surface area contributed by atoms with E-state index >= 15 is 0 Å². The zero-order valence-electron chi connectivity index (χ0n) is 7.74. The molecule has 0 spiro atoms. The Labute approximate surface area is 77.4 Å². The van der Waals surface area contributed by atoms with Crippen molar-refractivity contribution in [2.75, 3.05) is 0 Å². The smallest absolute Gasteiger partial charge is 0.170 e. The number of nitrogens with zero attached hydrogens (tertiary/aromatic N) is 1. The largest absolute Gasteiger partial charge is 0.294 e. The minimum Gasteiger partial charge on any atom is -0.294 e. The maximum absolute atomic E-state index is 11.4. The Balaban J connectivity index is 2.47. The Kier molecular flexibility index (Phi) is 1.76. The van der Waals surface area contributed by atoms with Gasteiger partial charge in [-0.05, 0) is 25.5 Å². The van der Waals surface area contributed by atoms with Gasteiger partial charge in [0.15, 0.2) is 5.78 Å². The molecule has 1 aliphatic carbocycles. The SMILES string of the molecule is CC1=CC2=NC=CC(=O)C2C=C1C. The fraction of sp³-hybridized carbons (Fsp3) is 0.273. The summed E-state index contributed by atoms with van der Waals surface area (Å²) in [5, 5.41) is 0. The third-order valence-electron chi connectivity index (χ3n) is 2.49. The molecule has 2 nitrogen and oxygen atoms in total. The first kappa shape index (κ1) is 8.17. The van der Waals surface area contributed by atoms with Crippen LogP contribution in [0.5, 0.6) is 0 Å². The van der Waals surface area contributed by atoms with Gasteiger partial charge in [0.05, 0.1) is 11.6 Å². The fourth-order valence-electron chi connectivity index (χ4n) is 1.54. The number of carbonyl (C=O) groups excluding carboxylic acids is 1. The molecule has 0 aromatic rings. The molecule has 0 saturated heterocycles. The summed E-state index contributed by atoms with van der Waals surface area (Å²) in [5.74, 6) is 0.00167. The first-order valence-electron chi connectivity index (χ1n) is 4.33. The van der Waals surface area contributed by atoms with Crippen LogP contribution in [-0.2, 0) is 4.79 Å². The van der Waals surface area contributed by atoms with E-state index in [4.69, 9.17) is 0 Å². The quantitative estimate of drug-likeness (QED) is 0.551. The van der Waals surface area contributed by atoms with Crippen molar-refractivity contribution in [2.45, 2.75) is 13.8 Å². The predicted molar refractivity (Wildman–Crippen MR) is 52.6 cm³/mol. The van der Waals surface area contributed by atoms with Gasteiger partial charge in [0.2, 0.25) is 0 Å². The van der Waals surface area contributed by atoms with Crippen molar-refractivity contribution in [3.63, 3.8) is 0 Å². The Morgan fingerprint density at radius 3 is 2.85 bits per heavy atom. The summed E-state index contributed by atoms with van der Waals surface area (Å²) in [6.07, 6.45) is 7.08. The zero-order valence-corrected chi connectivity index (χ0v) is 7.74. The summed E-state index contributed by atoms with van der Waals surface area (Å²) < 4.78 is 0. The Morgan fingerprint density at radius 2 is 2.08 bits per heavy atom. The van der Waals surface area contributed by atoms with Crippen LogP contribution in [-0.4, -0.2) is 11.5 Å². The summed E-state index contributed by atoms with van der Waals surface area (Å²) in [5.41, 5.74) is 3.24. The van der Waals surface area contributed by atoms with Gasteiger partial charge in [-0.3, -0.25) is 9.79 Å². The van der Waals surface area contributed by atoms with E-state index < -0.39 is 0 Å². The highest BCUT2D eigenvalue weighted by molar-refractivity contribution is 6.18. The van der Waals surface area contributed by atoms with E-state index in [2.05, 4.69) is 4.99 Å². The molecule has 0 N–H and O–H groups in total. The molecule has 0 bridgehead atoms. The van der Waals surface area contributed by atoms with Gasteiger partial charge < -0.3 is 0 Å². The number of allylic oxidation sites excluding steroid dienone is 5. The molecule has 0 amide bonds. The van der Waals surface area contributed by atoms with Crippen LogP contribution in [0.4, 0.5) is 0 Å². The van der Waals surface area contributed by atoms with E-state index in [1.807, 2.05) is 26.0 Å². The number of carbonyl (C=O) groups is 1. The van der Waals surface area contributed by atoms with Gasteiger partial charge in [-0.15, -0.1) is 0 Å². The second kappa shape index (κ2) is 2.80. The van der Waals surface area contributed by atoms with E-state index in [0.29, 0.717) is 0 Å². The lowest BCUT2D eigenvalue weighted by Gasteiger charge is -2.19. The average molecular weight is 173 g/mol. The Hall–Kier alpha value is -1.44. The lowest BCUT2D eigenvalue weighted by atomic mass is 9.86. The van der Waals surface area contributed by atoms with Gasteiger partial charge in [-0.25, -0.2) is 0 Å². The molecular weight excluding hydrogens is 162 g/mol. The van der Waals surface area contributed by atoms with Crippen LogP contribution in [0.15, 0.2) is 40.6 Å². The van der Waals surface area contributed by atoms with Gasteiger partial charge in [0.1, 0.15) is 0 Å². The van der Waals surface area contributed by atoms with Crippen molar-refractivity contribution in [2.24, 2.45) is 10.9 Å². The second-order valence-corrected chi connectivity index (χ2v) is 3.43. The summed E-state index contributed by atoms with van der Waals surface area (Å²) in [6.45, 7) is 4.06. The average Bonchev–Trinajstić information content (AvgIpc) is 2.09. The summed E-state index contributed by atoms with van der Waals surface area (Å²) >= 11 is 0. The molecule has 0 radical (unpaired) electrons. The van der Waals surface area contributed by atoms with Crippen molar-refractivity contribution in [3.05, 3.63) is 35.6 Å². The van der Waals surface area contributed by atoms with Crippen LogP contribution in [0.1, 0.15) is 13.8 Å². The summed E-state index contributed by atoms with van der Waals surface area (Å²) in [6, 6.07) is 0. The summed E-state index contributed by atoms with van der Waals surface area (Å²) in [7, 11) is 0. The van der Waals surface area contributed by atoms with E-state index in [0.717, 1.165) is 5.71 Å². The van der Waals surface area contributed by atoms with Gasteiger partial charge >= 0.3 is 0 Å². The van der Waals surface area contributed by atoms with Crippen LogP contribution < -0.4 is 0 Å². The number of rotatable bonds is 0. The molecule has 0 fully saturated rings. The minimum atomic E-state index is -0.131. The first-order chi connectivity index (χ1) is 6.18. The molecule has 1 aliphatic heterocycles. The lowest BCUT2D eigenvalue weighted by molar-refractivity contribution is -0.115. The lowest BCUT2D eigenvalue weighted by Crippen LogP contribution is -2.24. The van der Waals surface area contributed by atoms with Gasteiger partial charge in [0.25, 0.3) is 0 Å². The molecule has 0 aromatic heterocycles.